The van der Waals surface area contributed by atoms with Crippen LogP contribution in [0.25, 0.3) is 10.1 Å². The summed E-state index contributed by atoms with van der Waals surface area (Å²) in [7, 11) is 0. The Hall–Kier alpha value is -2.49. The molecule has 8 nitrogen and oxygen atoms in total. The standard InChI is InChI=1S/C23H32N4O4S/c24-12-4-7-18(25-22(29)20-15-17-6-1-2-8-19(17)32-20)23(30)27-13-10-16(11-14-27)5-3-9-21(28)26-31/h1-2,6,8,15-16,18,31H,3-5,7,9-14,24H2,(H,25,29)(H,26,28)/t18-/m1/s1. The molecule has 2 aromatic rings. The maximum Gasteiger partial charge on any atom is 0.262 e. The van der Waals surface area contributed by atoms with E-state index in [-0.39, 0.29) is 17.7 Å². The van der Waals surface area contributed by atoms with Gasteiger partial charge >= 0.3 is 0 Å². The van der Waals surface area contributed by atoms with E-state index in [1.807, 2.05) is 35.2 Å². The Morgan fingerprint density at radius 1 is 1.19 bits per heavy atom. The molecule has 1 fully saturated rings. The molecule has 9 heteroatoms. The van der Waals surface area contributed by atoms with Crippen molar-refractivity contribution in [3.63, 3.8) is 0 Å². The number of nitrogens with two attached hydrogens (primary N) is 1. The van der Waals surface area contributed by atoms with E-state index in [2.05, 4.69) is 5.32 Å². The molecule has 0 bridgehead atoms. The molecule has 1 aliphatic heterocycles. The average Bonchev–Trinajstić information content (AvgIpc) is 3.26. The van der Waals surface area contributed by atoms with Crippen LogP contribution in [0.4, 0.5) is 0 Å². The minimum absolute atomic E-state index is 0.0500. The molecular weight excluding hydrogens is 428 g/mol. The van der Waals surface area contributed by atoms with E-state index in [0.29, 0.717) is 49.7 Å². The van der Waals surface area contributed by atoms with Crippen LogP contribution in [0.1, 0.15) is 54.6 Å². The smallest absolute Gasteiger partial charge is 0.262 e. The summed E-state index contributed by atoms with van der Waals surface area (Å²) in [6.45, 7) is 1.76. The lowest BCUT2D eigenvalue weighted by atomic mass is 9.91. The number of fused-ring (bicyclic) bond motifs is 1. The Bertz CT molecular complexity index is 891. The number of hydroxylamine groups is 1. The molecule has 1 aromatic carbocycles. The first kappa shape index (κ1) is 24.2. The quantitative estimate of drug-likeness (QED) is 0.320. The lowest BCUT2D eigenvalue weighted by molar-refractivity contribution is -0.134. The molecule has 3 amide bonds. The number of carbonyl (C=O) groups is 3. The summed E-state index contributed by atoms with van der Waals surface area (Å²) in [5.74, 6) is -0.180. The van der Waals surface area contributed by atoms with Gasteiger partial charge in [-0.2, -0.15) is 0 Å². The number of amides is 3. The molecule has 0 radical (unpaired) electrons. The Morgan fingerprint density at radius 2 is 1.94 bits per heavy atom. The van der Waals surface area contributed by atoms with E-state index >= 15 is 0 Å². The fourth-order valence-electron chi connectivity index (χ4n) is 4.17. The number of nitrogens with one attached hydrogen (secondary N) is 2. The Labute approximate surface area is 192 Å². The van der Waals surface area contributed by atoms with Crippen LogP contribution in [0.3, 0.4) is 0 Å². The van der Waals surface area contributed by atoms with Crippen LogP contribution >= 0.6 is 11.3 Å². The zero-order chi connectivity index (χ0) is 22.9. The van der Waals surface area contributed by atoms with Gasteiger partial charge in [-0.1, -0.05) is 18.2 Å². The van der Waals surface area contributed by atoms with E-state index in [0.717, 1.165) is 35.8 Å². The van der Waals surface area contributed by atoms with Crippen molar-refractivity contribution in [3.8, 4) is 0 Å². The number of carbonyl (C=O) groups excluding carboxylic acids is 3. The predicted molar refractivity (Wildman–Crippen MR) is 124 cm³/mol. The first-order valence-electron chi connectivity index (χ1n) is 11.2. The van der Waals surface area contributed by atoms with E-state index in [4.69, 9.17) is 10.9 Å². The van der Waals surface area contributed by atoms with Crippen LogP contribution in [-0.4, -0.2) is 53.5 Å². The van der Waals surface area contributed by atoms with Gasteiger partial charge in [0.2, 0.25) is 11.8 Å². The summed E-state index contributed by atoms with van der Waals surface area (Å²) in [5, 5.41) is 12.5. The highest BCUT2D eigenvalue weighted by molar-refractivity contribution is 7.20. The topological polar surface area (TPSA) is 125 Å². The molecule has 0 saturated carbocycles. The highest BCUT2D eigenvalue weighted by Crippen LogP contribution is 2.26. The lowest BCUT2D eigenvalue weighted by Crippen LogP contribution is -2.50. The summed E-state index contributed by atoms with van der Waals surface area (Å²) in [5.41, 5.74) is 7.32. The van der Waals surface area contributed by atoms with Crippen LogP contribution < -0.4 is 16.5 Å². The molecule has 174 valence electrons. The molecule has 0 aliphatic carbocycles. The Kier molecular flexibility index (Phi) is 9.01. The van der Waals surface area contributed by atoms with Gasteiger partial charge in [-0.25, -0.2) is 5.48 Å². The van der Waals surface area contributed by atoms with Gasteiger partial charge in [0.25, 0.3) is 5.91 Å². The maximum atomic E-state index is 13.2. The summed E-state index contributed by atoms with van der Waals surface area (Å²) in [4.78, 5) is 39.6. The summed E-state index contributed by atoms with van der Waals surface area (Å²) >= 11 is 1.42. The van der Waals surface area contributed by atoms with Gasteiger partial charge in [0.05, 0.1) is 4.88 Å². The average molecular weight is 461 g/mol. The van der Waals surface area contributed by atoms with Crippen molar-refractivity contribution in [2.45, 2.75) is 51.0 Å². The number of rotatable bonds is 10. The largest absolute Gasteiger partial charge is 0.341 e. The van der Waals surface area contributed by atoms with Crippen molar-refractivity contribution in [2.75, 3.05) is 19.6 Å². The zero-order valence-corrected chi connectivity index (χ0v) is 19.0. The molecule has 5 N–H and O–H groups in total. The van der Waals surface area contributed by atoms with Gasteiger partial charge in [0.1, 0.15) is 6.04 Å². The molecule has 0 spiro atoms. The van der Waals surface area contributed by atoms with Crippen LogP contribution in [0.15, 0.2) is 30.3 Å². The van der Waals surface area contributed by atoms with Crippen LogP contribution in [0.5, 0.6) is 0 Å². The van der Waals surface area contributed by atoms with E-state index in [1.54, 1.807) is 5.48 Å². The fraction of sp³-hybridized carbons (Fsp3) is 0.522. The number of likely N-dealkylation sites (tertiary alicyclic amines) is 1. The molecule has 32 heavy (non-hydrogen) atoms. The van der Waals surface area contributed by atoms with Crippen LogP contribution in [-0.2, 0) is 9.59 Å². The first-order chi connectivity index (χ1) is 15.5. The number of nitrogens with zero attached hydrogens (tertiary/aromatic N) is 1. The van der Waals surface area contributed by atoms with Crippen molar-refractivity contribution in [3.05, 3.63) is 35.2 Å². The fourth-order valence-corrected chi connectivity index (χ4v) is 5.14. The number of thiophene rings is 1. The van der Waals surface area contributed by atoms with Gasteiger partial charge < -0.3 is 16.0 Å². The minimum Gasteiger partial charge on any atom is -0.341 e. The lowest BCUT2D eigenvalue weighted by Gasteiger charge is -2.34. The van der Waals surface area contributed by atoms with Gasteiger partial charge in [-0.15, -0.1) is 11.3 Å². The third-order valence-corrected chi connectivity index (χ3v) is 7.13. The third-order valence-electron chi connectivity index (χ3n) is 6.02. The van der Waals surface area contributed by atoms with Crippen molar-refractivity contribution >= 4 is 39.1 Å². The second-order valence-electron chi connectivity index (χ2n) is 8.30. The number of hydrogen-bond donors (Lipinski definition) is 4. The number of benzene rings is 1. The summed E-state index contributed by atoms with van der Waals surface area (Å²) < 4.78 is 1.04. The minimum atomic E-state index is -0.582. The molecule has 1 aromatic heterocycles. The van der Waals surface area contributed by atoms with Crippen molar-refractivity contribution < 1.29 is 19.6 Å². The summed E-state index contributed by atoms with van der Waals surface area (Å²) in [6.07, 6.45) is 4.85. The highest BCUT2D eigenvalue weighted by Gasteiger charge is 2.29. The molecule has 1 saturated heterocycles. The van der Waals surface area contributed by atoms with E-state index < -0.39 is 6.04 Å². The second-order valence-corrected chi connectivity index (χ2v) is 9.39. The Morgan fingerprint density at radius 3 is 2.62 bits per heavy atom. The SMILES string of the molecule is NCCC[C@@H](NC(=O)c1cc2ccccc2s1)C(=O)N1CCC(CCCC(=O)NO)CC1. The zero-order valence-electron chi connectivity index (χ0n) is 18.2. The van der Waals surface area contributed by atoms with Crippen molar-refractivity contribution in [2.24, 2.45) is 11.7 Å². The molecule has 1 aliphatic rings. The first-order valence-corrected chi connectivity index (χ1v) is 12.0. The number of piperidine rings is 1. The third kappa shape index (κ3) is 6.51. The number of hydrogen-bond acceptors (Lipinski definition) is 6. The van der Waals surface area contributed by atoms with Crippen LogP contribution in [0, 0.1) is 5.92 Å². The summed E-state index contributed by atoms with van der Waals surface area (Å²) in [6, 6.07) is 9.12. The highest BCUT2D eigenvalue weighted by atomic mass is 32.1. The molecule has 0 unspecified atom stereocenters. The molecular formula is C23H32N4O4S. The van der Waals surface area contributed by atoms with E-state index in [1.165, 1.54) is 11.3 Å². The van der Waals surface area contributed by atoms with Crippen LogP contribution in [0.2, 0.25) is 0 Å². The molecule has 3 rings (SSSR count). The molecule has 2 heterocycles. The normalized spacial score (nSPS) is 15.5. The van der Waals surface area contributed by atoms with Crippen molar-refractivity contribution in [1.82, 2.24) is 15.7 Å². The van der Waals surface area contributed by atoms with Gasteiger partial charge in [0, 0.05) is 24.2 Å². The van der Waals surface area contributed by atoms with E-state index in [9.17, 15) is 14.4 Å². The van der Waals surface area contributed by atoms with Crippen molar-refractivity contribution in [1.29, 1.82) is 0 Å². The van der Waals surface area contributed by atoms with Gasteiger partial charge in [-0.05, 0) is 68.5 Å². The second kappa shape index (κ2) is 11.9. The Balaban J connectivity index is 1.55. The maximum absolute atomic E-state index is 13.2. The van der Waals surface area contributed by atoms with Gasteiger partial charge in [-0.3, -0.25) is 19.6 Å². The predicted octanol–water partition coefficient (Wildman–Crippen LogP) is 2.65. The molecule has 1 atom stereocenters. The van der Waals surface area contributed by atoms with Gasteiger partial charge in [0.15, 0.2) is 0 Å². The monoisotopic (exact) mass is 460 g/mol.